The topological polar surface area (TPSA) is 71.1 Å². The lowest BCUT2D eigenvalue weighted by atomic mass is 9.99. The zero-order chi connectivity index (χ0) is 27.3. The van der Waals surface area contributed by atoms with Crippen molar-refractivity contribution in [2.75, 3.05) is 26.4 Å². The van der Waals surface area contributed by atoms with E-state index >= 15 is 0 Å². The molecule has 0 bridgehead atoms. The lowest BCUT2D eigenvalue weighted by Crippen LogP contribution is -2.06. The molecule has 0 N–H and O–H groups in total. The molecule has 0 aliphatic rings. The van der Waals surface area contributed by atoms with E-state index in [9.17, 15) is 18.4 Å². The van der Waals surface area contributed by atoms with Crippen LogP contribution in [-0.4, -0.2) is 38.4 Å². The number of hydrogen-bond donors (Lipinski definition) is 0. The van der Waals surface area contributed by atoms with Gasteiger partial charge in [0.1, 0.15) is 23.1 Å². The lowest BCUT2D eigenvalue weighted by Gasteiger charge is -2.11. The number of carbonyl (C=O) groups is 2. The molecule has 0 radical (unpaired) electrons. The maximum Gasteiger partial charge on any atom is 0.330 e. The summed E-state index contributed by atoms with van der Waals surface area (Å²) >= 11 is 0. The molecule has 38 heavy (non-hydrogen) atoms. The molecule has 0 amide bonds. The molecule has 3 aromatic rings. The van der Waals surface area contributed by atoms with Crippen molar-refractivity contribution in [3.63, 3.8) is 0 Å². The van der Waals surface area contributed by atoms with Gasteiger partial charge in [-0.3, -0.25) is 0 Å². The van der Waals surface area contributed by atoms with Gasteiger partial charge in [-0.1, -0.05) is 37.4 Å². The molecule has 0 saturated carbocycles. The zero-order valence-electron chi connectivity index (χ0n) is 20.8. The first kappa shape index (κ1) is 28.1. The summed E-state index contributed by atoms with van der Waals surface area (Å²) < 4.78 is 50.5. The molecule has 0 aromatic heterocycles. The Morgan fingerprint density at radius 2 is 1.11 bits per heavy atom. The summed E-state index contributed by atoms with van der Waals surface area (Å²) in [6.07, 6.45) is 3.14. The maximum atomic E-state index is 15.0. The molecular formula is C30H28F2O6. The van der Waals surface area contributed by atoms with Gasteiger partial charge in [-0.25, -0.2) is 18.4 Å². The van der Waals surface area contributed by atoms with E-state index in [1.54, 1.807) is 42.5 Å². The van der Waals surface area contributed by atoms with Gasteiger partial charge in [0, 0.05) is 42.2 Å². The van der Waals surface area contributed by atoms with Crippen molar-refractivity contribution in [2.45, 2.75) is 12.8 Å². The first-order chi connectivity index (χ1) is 18.4. The van der Waals surface area contributed by atoms with Gasteiger partial charge in [0.25, 0.3) is 0 Å². The van der Waals surface area contributed by atoms with Crippen LogP contribution in [0.2, 0.25) is 0 Å². The molecule has 0 fully saturated rings. The summed E-state index contributed by atoms with van der Waals surface area (Å²) in [7, 11) is 0. The van der Waals surface area contributed by atoms with E-state index in [0.29, 0.717) is 47.6 Å². The van der Waals surface area contributed by atoms with Gasteiger partial charge in [0.2, 0.25) is 0 Å². The highest BCUT2D eigenvalue weighted by Crippen LogP contribution is 2.31. The first-order valence-corrected chi connectivity index (χ1v) is 11.9. The SMILES string of the molecule is C=CC(=O)OCCCOc1ccc(-c2ccc(-c3ccc(OCCCOC(=O)C=C)cc3F)cc2F)cc1. The van der Waals surface area contributed by atoms with Gasteiger partial charge >= 0.3 is 11.9 Å². The summed E-state index contributed by atoms with van der Waals surface area (Å²) in [6.45, 7) is 7.63. The number of rotatable bonds is 14. The number of esters is 2. The molecule has 3 aromatic carbocycles. The van der Waals surface area contributed by atoms with Crippen LogP contribution in [0.4, 0.5) is 8.78 Å². The predicted molar refractivity (Wildman–Crippen MR) is 140 cm³/mol. The second-order valence-corrected chi connectivity index (χ2v) is 8.01. The van der Waals surface area contributed by atoms with Crippen molar-refractivity contribution in [3.05, 3.63) is 97.6 Å². The van der Waals surface area contributed by atoms with Gasteiger partial charge in [-0.15, -0.1) is 0 Å². The molecular weight excluding hydrogens is 494 g/mol. The quantitative estimate of drug-likeness (QED) is 0.141. The maximum absolute atomic E-state index is 15.0. The average molecular weight is 523 g/mol. The van der Waals surface area contributed by atoms with Crippen molar-refractivity contribution >= 4 is 11.9 Å². The molecule has 0 saturated heterocycles. The monoisotopic (exact) mass is 522 g/mol. The summed E-state index contributed by atoms with van der Waals surface area (Å²) in [4.78, 5) is 22.0. The van der Waals surface area contributed by atoms with E-state index in [1.807, 2.05) is 0 Å². The number of carbonyl (C=O) groups excluding carboxylic acids is 2. The minimum atomic E-state index is -0.548. The second-order valence-electron chi connectivity index (χ2n) is 8.01. The number of hydrogen-bond acceptors (Lipinski definition) is 6. The van der Waals surface area contributed by atoms with Crippen molar-refractivity contribution in [1.29, 1.82) is 0 Å². The van der Waals surface area contributed by atoms with E-state index in [1.165, 1.54) is 18.2 Å². The lowest BCUT2D eigenvalue weighted by molar-refractivity contribution is -0.138. The van der Waals surface area contributed by atoms with E-state index in [4.69, 9.17) is 18.9 Å². The summed E-state index contributed by atoms with van der Waals surface area (Å²) in [6, 6.07) is 15.8. The summed E-state index contributed by atoms with van der Waals surface area (Å²) in [5.41, 5.74) is 1.65. The van der Waals surface area contributed by atoms with E-state index in [0.717, 1.165) is 12.2 Å². The van der Waals surface area contributed by atoms with E-state index in [2.05, 4.69) is 13.2 Å². The van der Waals surface area contributed by atoms with Crippen LogP contribution in [0.5, 0.6) is 11.5 Å². The summed E-state index contributed by atoms with van der Waals surface area (Å²) in [5.74, 6) is -1.11. The molecule has 0 atom stereocenters. The molecule has 8 heteroatoms. The first-order valence-electron chi connectivity index (χ1n) is 11.9. The van der Waals surface area contributed by atoms with Crippen molar-refractivity contribution < 1.29 is 37.3 Å². The molecule has 0 unspecified atom stereocenters. The Hall–Kier alpha value is -4.46. The third kappa shape index (κ3) is 8.30. The Morgan fingerprint density at radius 3 is 1.66 bits per heavy atom. The number of ether oxygens (including phenoxy) is 4. The van der Waals surface area contributed by atoms with Crippen LogP contribution in [0.25, 0.3) is 22.3 Å². The highest BCUT2D eigenvalue weighted by Gasteiger charge is 2.12. The molecule has 0 aliphatic carbocycles. The minimum absolute atomic E-state index is 0.168. The molecule has 0 aliphatic heterocycles. The van der Waals surface area contributed by atoms with Gasteiger partial charge in [0.05, 0.1) is 26.4 Å². The fourth-order valence-electron chi connectivity index (χ4n) is 3.43. The highest BCUT2D eigenvalue weighted by molar-refractivity contribution is 5.81. The van der Waals surface area contributed by atoms with Crippen LogP contribution >= 0.6 is 0 Å². The highest BCUT2D eigenvalue weighted by atomic mass is 19.1. The molecule has 0 spiro atoms. The zero-order valence-corrected chi connectivity index (χ0v) is 20.8. The fraction of sp³-hybridized carbons (Fsp3) is 0.200. The van der Waals surface area contributed by atoms with Crippen molar-refractivity contribution in [2.24, 2.45) is 0 Å². The van der Waals surface area contributed by atoms with E-state index < -0.39 is 23.6 Å². The van der Waals surface area contributed by atoms with Crippen LogP contribution in [0, 0.1) is 11.6 Å². The average Bonchev–Trinajstić information content (AvgIpc) is 2.92. The Kier molecular flexibility index (Phi) is 10.6. The molecule has 198 valence electrons. The second kappa shape index (κ2) is 14.3. The normalized spacial score (nSPS) is 10.4. The number of halogens is 2. The number of benzene rings is 3. The third-order valence-corrected chi connectivity index (χ3v) is 5.32. The minimum Gasteiger partial charge on any atom is -0.493 e. The Bertz CT molecular complexity index is 1270. The van der Waals surface area contributed by atoms with Gasteiger partial charge < -0.3 is 18.9 Å². The van der Waals surface area contributed by atoms with Gasteiger partial charge in [0.15, 0.2) is 0 Å². The predicted octanol–water partition coefficient (Wildman–Crippen LogP) is 6.30. The van der Waals surface area contributed by atoms with Crippen LogP contribution < -0.4 is 9.47 Å². The Morgan fingerprint density at radius 1 is 0.632 bits per heavy atom. The van der Waals surface area contributed by atoms with Crippen LogP contribution in [-0.2, 0) is 19.1 Å². The van der Waals surface area contributed by atoms with Gasteiger partial charge in [-0.2, -0.15) is 0 Å². The smallest absolute Gasteiger partial charge is 0.330 e. The Balaban J connectivity index is 1.56. The van der Waals surface area contributed by atoms with Crippen LogP contribution in [0.15, 0.2) is 86.0 Å². The molecule has 3 rings (SSSR count). The largest absolute Gasteiger partial charge is 0.493 e. The summed E-state index contributed by atoms with van der Waals surface area (Å²) in [5, 5.41) is 0. The van der Waals surface area contributed by atoms with Crippen molar-refractivity contribution in [3.8, 4) is 33.8 Å². The molecule has 0 heterocycles. The van der Waals surface area contributed by atoms with Gasteiger partial charge in [-0.05, 0) is 41.5 Å². The van der Waals surface area contributed by atoms with Crippen LogP contribution in [0.1, 0.15) is 12.8 Å². The van der Waals surface area contributed by atoms with E-state index in [-0.39, 0.29) is 25.4 Å². The third-order valence-electron chi connectivity index (χ3n) is 5.32. The Labute approximate surface area is 220 Å². The van der Waals surface area contributed by atoms with Crippen LogP contribution in [0.3, 0.4) is 0 Å². The standard InChI is InChI=1S/C30H28F2O6/c1-3-29(33)37-17-5-15-35-23-10-7-21(8-11-23)25-13-9-22(19-27(25)31)26-14-12-24(20-28(26)32)36-16-6-18-38-30(34)4-2/h3-4,7-14,19-20H,1-2,5-6,15-18H2. The van der Waals surface area contributed by atoms with Crippen molar-refractivity contribution in [1.82, 2.24) is 0 Å². The molecule has 6 nitrogen and oxygen atoms in total. The fourth-order valence-corrected chi connectivity index (χ4v) is 3.43.